The summed E-state index contributed by atoms with van der Waals surface area (Å²) in [6.45, 7) is 2.19. The highest BCUT2D eigenvalue weighted by Crippen LogP contribution is 2.30. The Morgan fingerprint density at radius 2 is 2.19 bits per heavy atom. The quantitative estimate of drug-likeness (QED) is 0.703. The van der Waals surface area contributed by atoms with Crippen molar-refractivity contribution in [2.45, 2.75) is 64.3 Å². The highest BCUT2D eigenvalue weighted by molar-refractivity contribution is 5.76. The van der Waals surface area contributed by atoms with Gasteiger partial charge in [0, 0.05) is 24.9 Å². The van der Waals surface area contributed by atoms with Crippen LogP contribution < -0.4 is 5.32 Å². The number of aromatic nitrogens is 1. The van der Waals surface area contributed by atoms with Gasteiger partial charge >= 0.3 is 0 Å². The normalized spacial score (nSPS) is 19.4. The molecule has 1 heterocycles. The smallest absolute Gasteiger partial charge is 0.220 e. The van der Waals surface area contributed by atoms with Gasteiger partial charge in [0.05, 0.1) is 11.8 Å². The van der Waals surface area contributed by atoms with E-state index in [-0.39, 0.29) is 29.7 Å². The molecule has 1 saturated carbocycles. The van der Waals surface area contributed by atoms with Crippen molar-refractivity contribution in [3.05, 3.63) is 41.9 Å². The number of aryl methyl sites for hydroxylation is 1. The molecular weight excluding hydrogens is 350 g/mol. The molecule has 6 heteroatoms. The summed E-state index contributed by atoms with van der Waals surface area (Å²) in [5.41, 5.74) is 0.157. The zero-order valence-electron chi connectivity index (χ0n) is 15.6. The third-order valence-corrected chi connectivity index (χ3v) is 5.25. The molecule has 0 radical (unpaired) electrons. The Morgan fingerprint density at radius 3 is 2.96 bits per heavy atom. The molecule has 0 aliphatic heterocycles. The summed E-state index contributed by atoms with van der Waals surface area (Å²) in [5, 5.41) is 3.15. The average Bonchev–Trinajstić information content (AvgIpc) is 3.27. The van der Waals surface area contributed by atoms with Crippen LogP contribution in [0.1, 0.15) is 57.8 Å². The van der Waals surface area contributed by atoms with E-state index in [2.05, 4.69) is 17.2 Å². The minimum absolute atomic E-state index is 0.00360. The van der Waals surface area contributed by atoms with Gasteiger partial charge in [0.1, 0.15) is 11.6 Å². The molecule has 2 aromatic rings. The van der Waals surface area contributed by atoms with E-state index < -0.39 is 11.6 Å². The first-order chi connectivity index (χ1) is 13.1. The summed E-state index contributed by atoms with van der Waals surface area (Å²) in [5.74, 6) is -0.150. The Bertz CT molecular complexity index is 775. The van der Waals surface area contributed by atoms with Gasteiger partial charge in [-0.1, -0.05) is 26.2 Å². The topological polar surface area (TPSA) is 55.1 Å². The fourth-order valence-electron chi connectivity index (χ4n) is 3.78. The van der Waals surface area contributed by atoms with Crippen molar-refractivity contribution in [1.29, 1.82) is 0 Å². The van der Waals surface area contributed by atoms with Gasteiger partial charge in [-0.2, -0.15) is 0 Å². The number of nitrogens with zero attached hydrogens (tertiary/aromatic N) is 1. The Labute approximate surface area is 158 Å². The highest BCUT2D eigenvalue weighted by atomic mass is 19.1. The van der Waals surface area contributed by atoms with Crippen LogP contribution in [0.4, 0.5) is 8.78 Å². The van der Waals surface area contributed by atoms with Gasteiger partial charge in [0.25, 0.3) is 0 Å². The lowest BCUT2D eigenvalue weighted by atomic mass is 9.96. The maximum atomic E-state index is 13.8. The lowest BCUT2D eigenvalue weighted by molar-refractivity contribution is -0.122. The fourth-order valence-corrected chi connectivity index (χ4v) is 3.78. The van der Waals surface area contributed by atoms with Crippen molar-refractivity contribution in [3.63, 3.8) is 0 Å². The van der Waals surface area contributed by atoms with Crippen LogP contribution in [0.3, 0.4) is 0 Å². The highest BCUT2D eigenvalue weighted by Gasteiger charge is 2.27. The Balaban J connectivity index is 1.51. The molecule has 1 aromatic carbocycles. The monoisotopic (exact) mass is 376 g/mol. The van der Waals surface area contributed by atoms with Crippen molar-refractivity contribution in [2.24, 2.45) is 5.92 Å². The van der Waals surface area contributed by atoms with E-state index in [0.717, 1.165) is 12.5 Å². The first kappa shape index (κ1) is 19.5. The first-order valence-corrected chi connectivity index (χ1v) is 9.76. The van der Waals surface area contributed by atoms with Crippen molar-refractivity contribution >= 4 is 5.91 Å². The second kappa shape index (κ2) is 9.11. The molecule has 146 valence electrons. The van der Waals surface area contributed by atoms with Crippen LogP contribution in [-0.4, -0.2) is 16.9 Å². The number of benzene rings is 1. The molecule has 3 rings (SSSR count). The Kier molecular flexibility index (Phi) is 6.58. The molecule has 0 spiro atoms. The van der Waals surface area contributed by atoms with Gasteiger partial charge in [0.2, 0.25) is 5.91 Å². The third-order valence-electron chi connectivity index (χ3n) is 5.25. The van der Waals surface area contributed by atoms with Crippen molar-refractivity contribution in [3.8, 4) is 11.3 Å². The summed E-state index contributed by atoms with van der Waals surface area (Å²) in [6, 6.07) is 3.57. The van der Waals surface area contributed by atoms with Crippen LogP contribution in [0.25, 0.3) is 11.3 Å². The number of unbranched alkanes of at least 4 members (excludes halogenated alkanes) is 1. The molecule has 1 aromatic heterocycles. The maximum absolute atomic E-state index is 13.8. The fraction of sp³-hybridized carbons (Fsp3) is 0.524. The number of oxazole rings is 1. The minimum Gasteiger partial charge on any atom is -0.441 e. The number of hydrogen-bond donors (Lipinski definition) is 1. The third kappa shape index (κ3) is 5.15. The van der Waals surface area contributed by atoms with Gasteiger partial charge in [-0.25, -0.2) is 13.8 Å². The number of carbonyl (C=O) groups excluding carboxylic acids is 1. The summed E-state index contributed by atoms with van der Waals surface area (Å²) >= 11 is 0. The number of nitrogens with one attached hydrogen (secondary N) is 1. The van der Waals surface area contributed by atoms with E-state index in [1.807, 2.05) is 0 Å². The molecule has 1 aliphatic rings. The standard InChI is InChI=1S/C21H26F2N2O2/c1-2-3-5-14-6-4-7-18(14)25-20(26)10-11-21-24-13-19(27-21)16-9-8-15(22)12-17(16)23/h8-9,12-14,18H,2-7,10-11H2,1H3,(H,25,26). The summed E-state index contributed by atoms with van der Waals surface area (Å²) in [6.07, 6.45) is 9.00. The zero-order chi connectivity index (χ0) is 19.2. The van der Waals surface area contributed by atoms with Crippen LogP contribution in [0, 0.1) is 17.6 Å². The molecule has 1 N–H and O–H groups in total. The molecule has 2 unspecified atom stereocenters. The molecule has 1 amide bonds. The number of hydrogen-bond acceptors (Lipinski definition) is 3. The van der Waals surface area contributed by atoms with Crippen LogP contribution in [-0.2, 0) is 11.2 Å². The predicted octanol–water partition coefficient (Wildman–Crippen LogP) is 5.03. The van der Waals surface area contributed by atoms with Gasteiger partial charge in [0.15, 0.2) is 11.7 Å². The minimum atomic E-state index is -0.699. The molecule has 1 fully saturated rings. The van der Waals surface area contributed by atoms with E-state index in [1.165, 1.54) is 50.4 Å². The average molecular weight is 376 g/mol. The number of carbonyl (C=O) groups is 1. The molecular formula is C21H26F2N2O2. The number of amides is 1. The summed E-state index contributed by atoms with van der Waals surface area (Å²) in [4.78, 5) is 16.4. The molecule has 0 saturated heterocycles. The van der Waals surface area contributed by atoms with Crippen LogP contribution in [0.5, 0.6) is 0 Å². The van der Waals surface area contributed by atoms with Crippen molar-refractivity contribution in [1.82, 2.24) is 10.3 Å². The van der Waals surface area contributed by atoms with Crippen LogP contribution >= 0.6 is 0 Å². The SMILES string of the molecule is CCCCC1CCCC1NC(=O)CCc1ncc(-c2ccc(F)cc2F)o1. The second-order valence-corrected chi connectivity index (χ2v) is 7.25. The second-order valence-electron chi connectivity index (χ2n) is 7.25. The van der Waals surface area contributed by atoms with Crippen LogP contribution in [0.2, 0.25) is 0 Å². The molecule has 27 heavy (non-hydrogen) atoms. The largest absolute Gasteiger partial charge is 0.441 e. The predicted molar refractivity (Wildman–Crippen MR) is 99.0 cm³/mol. The van der Waals surface area contributed by atoms with E-state index in [4.69, 9.17) is 4.42 Å². The lowest BCUT2D eigenvalue weighted by Crippen LogP contribution is -2.37. The molecule has 4 nitrogen and oxygen atoms in total. The Morgan fingerprint density at radius 1 is 1.33 bits per heavy atom. The molecule has 1 aliphatic carbocycles. The zero-order valence-corrected chi connectivity index (χ0v) is 15.6. The van der Waals surface area contributed by atoms with E-state index in [0.29, 0.717) is 18.2 Å². The van der Waals surface area contributed by atoms with Gasteiger partial charge in [-0.05, 0) is 37.3 Å². The first-order valence-electron chi connectivity index (χ1n) is 9.76. The lowest BCUT2D eigenvalue weighted by Gasteiger charge is -2.20. The molecule has 0 bridgehead atoms. The number of halogens is 2. The van der Waals surface area contributed by atoms with Crippen LogP contribution in [0.15, 0.2) is 28.8 Å². The van der Waals surface area contributed by atoms with Gasteiger partial charge in [-0.15, -0.1) is 0 Å². The van der Waals surface area contributed by atoms with Gasteiger partial charge in [-0.3, -0.25) is 4.79 Å². The Hall–Kier alpha value is -2.24. The van der Waals surface area contributed by atoms with E-state index in [9.17, 15) is 13.6 Å². The van der Waals surface area contributed by atoms with Crippen molar-refractivity contribution < 1.29 is 18.0 Å². The summed E-state index contributed by atoms with van der Waals surface area (Å²) < 4.78 is 32.4. The van der Waals surface area contributed by atoms with Gasteiger partial charge < -0.3 is 9.73 Å². The number of rotatable bonds is 8. The van der Waals surface area contributed by atoms with E-state index in [1.54, 1.807) is 0 Å². The molecule has 2 atom stereocenters. The van der Waals surface area contributed by atoms with Crippen molar-refractivity contribution in [2.75, 3.05) is 0 Å². The van der Waals surface area contributed by atoms with E-state index >= 15 is 0 Å². The maximum Gasteiger partial charge on any atom is 0.220 e. The summed E-state index contributed by atoms with van der Waals surface area (Å²) in [7, 11) is 0.